The first-order valence-corrected chi connectivity index (χ1v) is 10.9. The second-order valence-corrected chi connectivity index (χ2v) is 8.98. The molecule has 3 heterocycles. The summed E-state index contributed by atoms with van der Waals surface area (Å²) in [4.78, 5) is 27.4. The molecule has 8 nitrogen and oxygen atoms in total. The van der Waals surface area contributed by atoms with Crippen LogP contribution >= 0.6 is 11.3 Å². The molecule has 1 aliphatic heterocycles. The van der Waals surface area contributed by atoms with Crippen molar-refractivity contribution in [2.75, 3.05) is 20.3 Å². The molecule has 2 aromatic heterocycles. The molecule has 168 valence electrons. The minimum absolute atomic E-state index is 0. The van der Waals surface area contributed by atoms with Crippen molar-refractivity contribution in [1.29, 1.82) is 0 Å². The number of halogens is 1. The average Bonchev–Trinajstić information content (AvgIpc) is 3.21. The fourth-order valence-electron chi connectivity index (χ4n) is 3.77. The van der Waals surface area contributed by atoms with Crippen molar-refractivity contribution in [2.24, 2.45) is 0 Å². The molecule has 0 bridgehead atoms. The Hall–Kier alpha value is -1.47. The van der Waals surface area contributed by atoms with Gasteiger partial charge in [0.1, 0.15) is 16.5 Å². The summed E-state index contributed by atoms with van der Waals surface area (Å²) in [5, 5.41) is 22.1. The van der Waals surface area contributed by atoms with Crippen LogP contribution in [0.5, 0.6) is 5.75 Å². The minimum Gasteiger partial charge on any atom is -0.868 e. The number of benzene rings is 1. The molecule has 0 radical (unpaired) electrons. The Bertz CT molecular complexity index is 1210. The molecule has 1 amide bonds. The summed E-state index contributed by atoms with van der Waals surface area (Å²) in [6.45, 7) is 4.36. The monoisotopic (exact) mass is 496 g/mol. The molecule has 0 saturated heterocycles. The summed E-state index contributed by atoms with van der Waals surface area (Å²) >= 11 is 1.18. The van der Waals surface area contributed by atoms with Crippen LogP contribution in [0, 0.1) is 5.82 Å². The summed E-state index contributed by atoms with van der Waals surface area (Å²) in [6.07, 6.45) is 1.93. The number of carbonyl (C=O) groups excluding carboxylic acids is 1. The van der Waals surface area contributed by atoms with Crippen LogP contribution in [0.15, 0.2) is 35.3 Å². The molecule has 1 atom stereocenters. The number of pyridine rings is 1. The van der Waals surface area contributed by atoms with Gasteiger partial charge in [-0.15, -0.1) is 10.2 Å². The fourth-order valence-corrected chi connectivity index (χ4v) is 4.65. The van der Waals surface area contributed by atoms with E-state index in [1.807, 2.05) is 13.8 Å². The Morgan fingerprint density at radius 1 is 1.24 bits per heavy atom. The number of methoxy groups -OCH3 is 1. The van der Waals surface area contributed by atoms with Crippen LogP contribution < -0.4 is 61.9 Å². The SMILES string of the molecule is COC[C@H]1CN(C(C)C)C(=O)c2c([O-])c(=O)c(-c3nnc(Cc4ccc(F)cc4)s3)cn21.[K+]. The molecular formula is C22H22FKN4O4S. The van der Waals surface area contributed by atoms with Gasteiger partial charge in [0.15, 0.2) is 10.4 Å². The van der Waals surface area contributed by atoms with Gasteiger partial charge in [-0.2, -0.15) is 0 Å². The van der Waals surface area contributed by atoms with Gasteiger partial charge in [0.25, 0.3) is 5.91 Å². The summed E-state index contributed by atoms with van der Waals surface area (Å²) < 4.78 is 20.0. The fraction of sp³-hybridized carbons (Fsp3) is 0.364. The number of amides is 1. The van der Waals surface area contributed by atoms with E-state index in [4.69, 9.17) is 4.74 Å². The van der Waals surface area contributed by atoms with E-state index >= 15 is 0 Å². The van der Waals surface area contributed by atoms with Gasteiger partial charge in [-0.3, -0.25) is 9.59 Å². The van der Waals surface area contributed by atoms with E-state index in [1.165, 1.54) is 29.7 Å². The molecule has 0 aliphatic carbocycles. The molecular weight excluding hydrogens is 474 g/mol. The summed E-state index contributed by atoms with van der Waals surface area (Å²) in [7, 11) is 1.55. The number of aromatic nitrogens is 3. The topological polar surface area (TPSA) is 100 Å². The number of fused-ring (bicyclic) bond motifs is 1. The number of hydrogen-bond donors (Lipinski definition) is 0. The van der Waals surface area contributed by atoms with E-state index < -0.39 is 17.1 Å². The molecule has 4 rings (SSSR count). The Labute approximate surface area is 236 Å². The van der Waals surface area contributed by atoms with Crippen LogP contribution in [0.2, 0.25) is 0 Å². The standard InChI is InChI=1S/C22H23FN4O4S.K/c1-12(2)26-9-15(11-31-3)27-10-16(19(28)20(29)18(27)22(26)30)21-25-24-17(32-21)8-13-4-6-14(23)7-5-13;/h4-7,10,12,15,29H,8-9,11H2,1-3H3;/q;+1/p-1/t15-;/m1./s1. The molecule has 1 aromatic carbocycles. The molecule has 11 heteroatoms. The second-order valence-electron chi connectivity index (χ2n) is 7.92. The van der Waals surface area contributed by atoms with E-state index in [0.29, 0.717) is 23.0 Å². The largest absolute Gasteiger partial charge is 1.00 e. The number of ether oxygens (including phenoxy) is 1. The van der Waals surface area contributed by atoms with Crippen molar-refractivity contribution < 1.29 is 70.4 Å². The van der Waals surface area contributed by atoms with Gasteiger partial charge in [0.2, 0.25) is 0 Å². The molecule has 0 N–H and O–H groups in total. The maximum absolute atomic E-state index is 13.1. The Kier molecular flexibility index (Phi) is 8.59. The van der Waals surface area contributed by atoms with Gasteiger partial charge in [0.05, 0.1) is 18.2 Å². The van der Waals surface area contributed by atoms with Gasteiger partial charge in [-0.25, -0.2) is 4.39 Å². The summed E-state index contributed by atoms with van der Waals surface area (Å²) in [6, 6.07) is 5.60. The Morgan fingerprint density at radius 2 is 1.94 bits per heavy atom. The van der Waals surface area contributed by atoms with Gasteiger partial charge < -0.3 is 19.3 Å². The van der Waals surface area contributed by atoms with Crippen molar-refractivity contribution in [3.63, 3.8) is 0 Å². The van der Waals surface area contributed by atoms with Crippen molar-refractivity contribution >= 4 is 17.2 Å². The zero-order valence-electron chi connectivity index (χ0n) is 18.9. The van der Waals surface area contributed by atoms with Gasteiger partial charge in [-0.1, -0.05) is 23.5 Å². The van der Waals surface area contributed by atoms with Gasteiger partial charge in [0, 0.05) is 32.3 Å². The molecule has 33 heavy (non-hydrogen) atoms. The quantitative estimate of drug-likeness (QED) is 0.416. The third-order valence-corrected chi connectivity index (χ3v) is 6.36. The van der Waals surface area contributed by atoms with E-state index in [2.05, 4.69) is 10.2 Å². The van der Waals surface area contributed by atoms with Crippen LogP contribution in [-0.4, -0.2) is 51.9 Å². The predicted molar refractivity (Wildman–Crippen MR) is 115 cm³/mol. The molecule has 3 aromatic rings. The number of carbonyl (C=O) groups is 1. The Balaban J connectivity index is 0.00000306. The van der Waals surface area contributed by atoms with Crippen molar-refractivity contribution in [3.8, 4) is 16.3 Å². The van der Waals surface area contributed by atoms with E-state index in [1.54, 1.807) is 28.7 Å². The van der Waals surface area contributed by atoms with Crippen LogP contribution in [-0.2, 0) is 11.2 Å². The van der Waals surface area contributed by atoms with E-state index in [9.17, 15) is 19.1 Å². The van der Waals surface area contributed by atoms with Crippen molar-refractivity contribution in [3.05, 3.63) is 62.8 Å². The van der Waals surface area contributed by atoms with Crippen molar-refractivity contribution in [2.45, 2.75) is 32.4 Å². The number of hydrogen-bond acceptors (Lipinski definition) is 7. The zero-order chi connectivity index (χ0) is 23.0. The second kappa shape index (κ2) is 10.8. The van der Waals surface area contributed by atoms with Gasteiger partial charge in [-0.05, 0) is 37.3 Å². The van der Waals surface area contributed by atoms with Gasteiger partial charge >= 0.3 is 51.4 Å². The number of nitrogens with zero attached hydrogens (tertiary/aromatic N) is 4. The smallest absolute Gasteiger partial charge is 0.868 e. The first-order valence-electron chi connectivity index (χ1n) is 10.1. The Morgan fingerprint density at radius 3 is 2.58 bits per heavy atom. The molecule has 0 fully saturated rings. The van der Waals surface area contributed by atoms with Crippen LogP contribution in [0.25, 0.3) is 10.6 Å². The summed E-state index contributed by atoms with van der Waals surface area (Å²) in [5.74, 6) is -1.64. The van der Waals surface area contributed by atoms with Crippen LogP contribution in [0.1, 0.15) is 40.9 Å². The third-order valence-electron chi connectivity index (χ3n) is 5.40. The molecule has 0 spiro atoms. The number of rotatable bonds is 6. The zero-order valence-corrected chi connectivity index (χ0v) is 22.8. The van der Waals surface area contributed by atoms with E-state index in [0.717, 1.165) is 5.56 Å². The normalized spacial score (nSPS) is 15.5. The molecule has 1 aliphatic rings. The average molecular weight is 497 g/mol. The van der Waals surface area contributed by atoms with E-state index in [-0.39, 0.29) is 87.1 Å². The minimum atomic E-state index is -0.853. The maximum atomic E-state index is 13.1. The first-order chi connectivity index (χ1) is 15.3. The van der Waals surface area contributed by atoms with Crippen LogP contribution in [0.4, 0.5) is 4.39 Å². The van der Waals surface area contributed by atoms with Crippen molar-refractivity contribution in [1.82, 2.24) is 19.7 Å². The molecule has 0 unspecified atom stereocenters. The predicted octanol–water partition coefficient (Wildman–Crippen LogP) is -0.774. The molecule has 0 saturated carbocycles. The van der Waals surface area contributed by atoms with Crippen LogP contribution in [0.3, 0.4) is 0 Å². The summed E-state index contributed by atoms with van der Waals surface area (Å²) in [5.41, 5.74) is 0.0153. The first kappa shape index (κ1) is 26.1. The maximum Gasteiger partial charge on any atom is 1.00 e. The third kappa shape index (κ3) is 5.29.